The Morgan fingerprint density at radius 1 is 0.630 bits per heavy atom. The number of hydrogen-bond acceptors (Lipinski definition) is 3. The molecule has 0 saturated heterocycles. The summed E-state index contributed by atoms with van der Waals surface area (Å²) < 4.78 is 3.02. The third-order valence-corrected chi connectivity index (χ3v) is 8.95. The van der Waals surface area contributed by atoms with Crippen molar-refractivity contribution >= 4 is 65.0 Å². The van der Waals surface area contributed by atoms with E-state index in [9.17, 15) is 0 Å². The minimum atomic E-state index is 1.26. The SMILES string of the molecule is CCCCCCc1sc(CCCCCC)c2c3ccsc3c3sccc3c12. The number of rotatable bonds is 10. The predicted molar refractivity (Wildman–Crippen MR) is 128 cm³/mol. The van der Waals surface area contributed by atoms with Gasteiger partial charge in [-0.15, -0.1) is 34.0 Å². The normalized spacial score (nSPS) is 12.1. The van der Waals surface area contributed by atoms with E-state index in [-0.39, 0.29) is 0 Å². The van der Waals surface area contributed by atoms with E-state index in [1.807, 2.05) is 22.7 Å². The van der Waals surface area contributed by atoms with Gasteiger partial charge >= 0.3 is 0 Å². The fourth-order valence-corrected chi connectivity index (χ4v) is 7.66. The first kappa shape index (κ1) is 19.4. The minimum absolute atomic E-state index is 1.26. The number of unbranched alkanes of at least 4 members (excludes halogenated alkanes) is 6. The first-order valence-corrected chi connectivity index (χ1v) is 13.2. The Kier molecular flexibility index (Phi) is 6.52. The fraction of sp³-hybridized carbons (Fsp3) is 0.500. The molecule has 0 atom stereocenters. The van der Waals surface area contributed by atoms with Gasteiger partial charge in [-0.3, -0.25) is 0 Å². The second-order valence-electron chi connectivity index (χ2n) is 7.65. The van der Waals surface area contributed by atoms with E-state index < -0.39 is 0 Å². The van der Waals surface area contributed by atoms with Gasteiger partial charge in [0.15, 0.2) is 0 Å². The van der Waals surface area contributed by atoms with Crippen molar-refractivity contribution < 1.29 is 0 Å². The van der Waals surface area contributed by atoms with Crippen molar-refractivity contribution in [1.29, 1.82) is 0 Å². The molecule has 0 amide bonds. The largest absolute Gasteiger partial charge is 0.144 e. The molecule has 4 rings (SSSR count). The first-order valence-electron chi connectivity index (χ1n) is 10.7. The summed E-state index contributed by atoms with van der Waals surface area (Å²) in [5.41, 5.74) is 0. The molecular formula is C24H30S3. The molecule has 144 valence electrons. The van der Waals surface area contributed by atoms with Crippen LogP contribution in [0.4, 0.5) is 0 Å². The standard InChI is InChI=1S/C24H30S3/c1-3-5-7-9-11-19-21-17-13-15-25-23(17)24-18(14-16-26-24)22(21)20(27-19)12-10-8-6-4-2/h13-16H,3-12H2,1-2H3. The Labute approximate surface area is 175 Å². The van der Waals surface area contributed by atoms with Gasteiger partial charge in [0.05, 0.1) is 9.40 Å². The van der Waals surface area contributed by atoms with Gasteiger partial charge in [0.1, 0.15) is 0 Å². The first-order chi connectivity index (χ1) is 13.3. The molecule has 0 saturated carbocycles. The lowest BCUT2D eigenvalue weighted by atomic mass is 10.00. The van der Waals surface area contributed by atoms with Crippen molar-refractivity contribution in [3.8, 4) is 0 Å². The van der Waals surface area contributed by atoms with E-state index in [4.69, 9.17) is 0 Å². The summed E-state index contributed by atoms with van der Waals surface area (Å²) in [6, 6.07) is 4.76. The summed E-state index contributed by atoms with van der Waals surface area (Å²) in [5, 5.41) is 10.8. The monoisotopic (exact) mass is 414 g/mol. The molecule has 3 heterocycles. The smallest absolute Gasteiger partial charge is 0.0527 e. The van der Waals surface area contributed by atoms with Gasteiger partial charge in [-0.1, -0.05) is 52.4 Å². The summed E-state index contributed by atoms with van der Waals surface area (Å²) in [6.45, 7) is 4.61. The highest BCUT2D eigenvalue weighted by molar-refractivity contribution is 7.26. The number of thiophene rings is 3. The molecule has 0 N–H and O–H groups in total. The van der Waals surface area contributed by atoms with Crippen molar-refractivity contribution in [2.45, 2.75) is 78.1 Å². The van der Waals surface area contributed by atoms with Crippen LogP contribution < -0.4 is 0 Å². The van der Waals surface area contributed by atoms with E-state index in [2.05, 4.69) is 48.1 Å². The number of hydrogen-bond donors (Lipinski definition) is 0. The highest BCUT2D eigenvalue weighted by Gasteiger charge is 2.19. The summed E-state index contributed by atoms with van der Waals surface area (Å²) in [5.74, 6) is 0. The maximum atomic E-state index is 2.38. The highest BCUT2D eigenvalue weighted by atomic mass is 32.1. The highest BCUT2D eigenvalue weighted by Crippen LogP contribution is 2.46. The molecule has 0 aliphatic heterocycles. The maximum Gasteiger partial charge on any atom is 0.0527 e. The van der Waals surface area contributed by atoms with Crippen LogP contribution in [-0.2, 0) is 12.8 Å². The Morgan fingerprint density at radius 3 is 1.56 bits per heavy atom. The maximum absolute atomic E-state index is 2.38. The molecule has 4 aromatic rings. The lowest BCUT2D eigenvalue weighted by Crippen LogP contribution is -1.84. The minimum Gasteiger partial charge on any atom is -0.144 e. The van der Waals surface area contributed by atoms with E-state index >= 15 is 0 Å². The zero-order chi connectivity index (χ0) is 18.6. The molecule has 0 unspecified atom stereocenters. The average Bonchev–Trinajstić information content (AvgIpc) is 3.39. The van der Waals surface area contributed by atoms with Crippen molar-refractivity contribution in [2.24, 2.45) is 0 Å². The molecule has 0 aliphatic carbocycles. The van der Waals surface area contributed by atoms with E-state index in [0.29, 0.717) is 0 Å². The second kappa shape index (κ2) is 9.07. The number of fused-ring (bicyclic) bond motifs is 6. The summed E-state index contributed by atoms with van der Waals surface area (Å²) >= 11 is 5.99. The number of aryl methyl sites for hydroxylation is 2. The molecule has 0 radical (unpaired) electrons. The second-order valence-corrected chi connectivity index (χ2v) is 10.7. The molecule has 0 spiro atoms. The Balaban J connectivity index is 1.80. The quantitative estimate of drug-likeness (QED) is 0.227. The summed E-state index contributed by atoms with van der Waals surface area (Å²) in [7, 11) is 0. The molecule has 0 nitrogen and oxygen atoms in total. The van der Waals surface area contributed by atoms with Crippen molar-refractivity contribution in [1.82, 2.24) is 0 Å². The number of benzene rings is 1. The van der Waals surface area contributed by atoms with Crippen molar-refractivity contribution in [3.05, 3.63) is 32.6 Å². The van der Waals surface area contributed by atoms with Gasteiger partial charge in [0.25, 0.3) is 0 Å². The van der Waals surface area contributed by atoms with Crippen LogP contribution in [0.2, 0.25) is 0 Å². The van der Waals surface area contributed by atoms with Crippen LogP contribution in [0.3, 0.4) is 0 Å². The van der Waals surface area contributed by atoms with Crippen LogP contribution in [0.15, 0.2) is 22.9 Å². The topological polar surface area (TPSA) is 0 Å². The molecule has 0 bridgehead atoms. The molecule has 3 heteroatoms. The lowest BCUT2D eigenvalue weighted by Gasteiger charge is -2.04. The third kappa shape index (κ3) is 3.83. The van der Waals surface area contributed by atoms with Crippen LogP contribution in [0.25, 0.3) is 30.9 Å². The van der Waals surface area contributed by atoms with E-state index in [0.717, 1.165) is 0 Å². The van der Waals surface area contributed by atoms with Crippen LogP contribution in [0.1, 0.15) is 75.0 Å². The van der Waals surface area contributed by atoms with Crippen LogP contribution in [-0.4, -0.2) is 0 Å². The average molecular weight is 415 g/mol. The van der Waals surface area contributed by atoms with Gasteiger partial charge < -0.3 is 0 Å². The van der Waals surface area contributed by atoms with Crippen LogP contribution in [0.5, 0.6) is 0 Å². The van der Waals surface area contributed by atoms with E-state index in [1.54, 1.807) is 20.5 Å². The Morgan fingerprint density at radius 2 is 1.11 bits per heavy atom. The van der Waals surface area contributed by atoms with Gasteiger partial charge in [0.2, 0.25) is 0 Å². The Hall–Kier alpha value is -0.900. The fourth-order valence-electron chi connectivity index (χ4n) is 4.24. The zero-order valence-corrected chi connectivity index (χ0v) is 19.1. The predicted octanol–water partition coefficient (Wildman–Crippen LogP) is 9.58. The van der Waals surface area contributed by atoms with Crippen LogP contribution >= 0.6 is 34.0 Å². The third-order valence-electron chi connectivity index (χ3n) is 5.64. The molecule has 1 aromatic carbocycles. The zero-order valence-electron chi connectivity index (χ0n) is 16.6. The molecular weight excluding hydrogens is 384 g/mol. The van der Waals surface area contributed by atoms with Crippen LogP contribution in [0, 0.1) is 0 Å². The molecule has 0 aliphatic rings. The van der Waals surface area contributed by atoms with Crippen molar-refractivity contribution in [3.63, 3.8) is 0 Å². The van der Waals surface area contributed by atoms with Crippen molar-refractivity contribution in [2.75, 3.05) is 0 Å². The van der Waals surface area contributed by atoms with Gasteiger partial charge in [0, 0.05) is 31.3 Å². The van der Waals surface area contributed by atoms with Gasteiger partial charge in [-0.05, 0) is 48.6 Å². The molecule has 3 aromatic heterocycles. The van der Waals surface area contributed by atoms with E-state index in [1.165, 1.54) is 84.4 Å². The van der Waals surface area contributed by atoms with Gasteiger partial charge in [-0.2, -0.15) is 0 Å². The molecule has 0 fully saturated rings. The lowest BCUT2D eigenvalue weighted by molar-refractivity contribution is 0.670. The molecule has 27 heavy (non-hydrogen) atoms. The summed E-state index contributed by atoms with van der Waals surface area (Å²) in [4.78, 5) is 3.31. The Bertz CT molecular complexity index is 934. The summed E-state index contributed by atoms with van der Waals surface area (Å²) in [6.07, 6.45) is 13.3. The van der Waals surface area contributed by atoms with Gasteiger partial charge in [-0.25, -0.2) is 0 Å².